The van der Waals surface area contributed by atoms with Crippen LogP contribution in [0.1, 0.15) is 49.4 Å². The van der Waals surface area contributed by atoms with Crippen LogP contribution < -0.4 is 10.1 Å². The SMILES string of the molecule is CCC1CCC(CNC(=O)c2ccc(OC)cc2O)CC1. The van der Waals surface area contributed by atoms with Crippen molar-refractivity contribution in [2.75, 3.05) is 13.7 Å². The van der Waals surface area contributed by atoms with Gasteiger partial charge < -0.3 is 15.2 Å². The normalized spacial score (nSPS) is 21.8. The molecule has 116 valence electrons. The summed E-state index contributed by atoms with van der Waals surface area (Å²) in [5.74, 6) is 1.72. The average Bonchev–Trinajstić information content (AvgIpc) is 2.52. The van der Waals surface area contributed by atoms with E-state index in [9.17, 15) is 9.90 Å². The number of amides is 1. The Labute approximate surface area is 126 Å². The Morgan fingerprint density at radius 1 is 1.29 bits per heavy atom. The van der Waals surface area contributed by atoms with Crippen LogP contribution in [0.3, 0.4) is 0 Å². The predicted octanol–water partition coefficient (Wildman–Crippen LogP) is 3.35. The highest BCUT2D eigenvalue weighted by molar-refractivity contribution is 5.96. The molecule has 2 N–H and O–H groups in total. The van der Waals surface area contributed by atoms with Crippen molar-refractivity contribution in [3.8, 4) is 11.5 Å². The molecule has 1 aromatic rings. The van der Waals surface area contributed by atoms with Gasteiger partial charge in [-0.15, -0.1) is 0 Å². The van der Waals surface area contributed by atoms with Crippen molar-refractivity contribution >= 4 is 5.91 Å². The van der Waals surface area contributed by atoms with Gasteiger partial charge >= 0.3 is 0 Å². The Bertz CT molecular complexity index is 479. The standard InChI is InChI=1S/C17H25NO3/c1-3-12-4-6-13(7-5-12)11-18-17(20)15-9-8-14(21-2)10-16(15)19/h8-10,12-13,19H,3-7,11H2,1-2H3,(H,18,20). The van der Waals surface area contributed by atoms with Crippen LogP contribution in [0.4, 0.5) is 0 Å². The third-order valence-electron chi connectivity index (χ3n) is 4.54. The third-order valence-corrected chi connectivity index (χ3v) is 4.54. The molecule has 0 spiro atoms. The molecule has 21 heavy (non-hydrogen) atoms. The highest BCUT2D eigenvalue weighted by Gasteiger charge is 2.21. The van der Waals surface area contributed by atoms with Crippen molar-refractivity contribution in [2.45, 2.75) is 39.0 Å². The molecule has 1 aliphatic carbocycles. The van der Waals surface area contributed by atoms with Crippen LogP contribution in [0.2, 0.25) is 0 Å². The van der Waals surface area contributed by atoms with Gasteiger partial charge in [0.05, 0.1) is 12.7 Å². The van der Waals surface area contributed by atoms with Crippen LogP contribution >= 0.6 is 0 Å². The van der Waals surface area contributed by atoms with Gasteiger partial charge in [0.15, 0.2) is 0 Å². The molecule has 0 atom stereocenters. The fourth-order valence-electron chi connectivity index (χ4n) is 3.01. The molecule has 0 unspecified atom stereocenters. The molecule has 0 aliphatic heterocycles. The number of benzene rings is 1. The molecule has 0 saturated heterocycles. The summed E-state index contributed by atoms with van der Waals surface area (Å²) in [5, 5.41) is 12.8. The van der Waals surface area contributed by atoms with Crippen molar-refractivity contribution in [3.63, 3.8) is 0 Å². The average molecular weight is 291 g/mol. The van der Waals surface area contributed by atoms with Gasteiger partial charge in [-0.05, 0) is 36.8 Å². The Morgan fingerprint density at radius 2 is 1.95 bits per heavy atom. The number of hydrogen-bond donors (Lipinski definition) is 2. The first-order valence-corrected chi connectivity index (χ1v) is 7.79. The smallest absolute Gasteiger partial charge is 0.255 e. The Kier molecular flexibility index (Phi) is 5.48. The maximum atomic E-state index is 12.1. The Balaban J connectivity index is 1.85. The second-order valence-corrected chi connectivity index (χ2v) is 5.89. The van der Waals surface area contributed by atoms with E-state index in [1.54, 1.807) is 12.1 Å². The molecule has 4 heteroatoms. The monoisotopic (exact) mass is 291 g/mol. The maximum Gasteiger partial charge on any atom is 0.255 e. The Morgan fingerprint density at radius 3 is 2.52 bits per heavy atom. The number of methoxy groups -OCH3 is 1. The van der Waals surface area contributed by atoms with E-state index in [1.165, 1.54) is 45.3 Å². The number of phenolic OH excluding ortho intramolecular Hbond substituents is 1. The van der Waals surface area contributed by atoms with Gasteiger partial charge in [-0.1, -0.05) is 26.2 Å². The Hall–Kier alpha value is -1.71. The quantitative estimate of drug-likeness (QED) is 0.874. The molecule has 0 heterocycles. The number of aromatic hydroxyl groups is 1. The van der Waals surface area contributed by atoms with Crippen molar-refractivity contribution in [1.29, 1.82) is 0 Å². The molecular formula is C17H25NO3. The lowest BCUT2D eigenvalue weighted by atomic mass is 9.81. The lowest BCUT2D eigenvalue weighted by Crippen LogP contribution is -2.31. The van der Waals surface area contributed by atoms with Crippen LogP contribution in [-0.2, 0) is 0 Å². The topological polar surface area (TPSA) is 58.6 Å². The molecule has 1 aromatic carbocycles. The van der Waals surface area contributed by atoms with Crippen LogP contribution in [0.15, 0.2) is 18.2 Å². The lowest BCUT2D eigenvalue weighted by molar-refractivity contribution is 0.0938. The molecular weight excluding hydrogens is 266 g/mol. The summed E-state index contributed by atoms with van der Waals surface area (Å²) in [6.07, 6.45) is 6.18. The van der Waals surface area contributed by atoms with Crippen LogP contribution in [0.5, 0.6) is 11.5 Å². The number of ether oxygens (including phenoxy) is 1. The van der Waals surface area contributed by atoms with Gasteiger partial charge in [-0.3, -0.25) is 4.79 Å². The largest absolute Gasteiger partial charge is 0.507 e. The first-order chi connectivity index (χ1) is 10.1. The van der Waals surface area contributed by atoms with E-state index >= 15 is 0 Å². The second kappa shape index (κ2) is 7.34. The van der Waals surface area contributed by atoms with Gasteiger partial charge in [0.2, 0.25) is 0 Å². The summed E-state index contributed by atoms with van der Waals surface area (Å²) in [5.41, 5.74) is 0.304. The zero-order valence-electron chi connectivity index (χ0n) is 12.9. The van der Waals surface area contributed by atoms with Crippen LogP contribution in [0, 0.1) is 11.8 Å². The molecule has 1 amide bonds. The van der Waals surface area contributed by atoms with E-state index in [0.717, 1.165) is 5.92 Å². The highest BCUT2D eigenvalue weighted by Crippen LogP contribution is 2.30. The summed E-state index contributed by atoms with van der Waals surface area (Å²) in [6, 6.07) is 4.74. The van der Waals surface area contributed by atoms with E-state index in [4.69, 9.17) is 4.74 Å². The van der Waals surface area contributed by atoms with Crippen molar-refractivity contribution < 1.29 is 14.6 Å². The van der Waals surface area contributed by atoms with Gasteiger partial charge in [0.25, 0.3) is 5.91 Å². The summed E-state index contributed by atoms with van der Waals surface area (Å²) >= 11 is 0. The van der Waals surface area contributed by atoms with E-state index < -0.39 is 0 Å². The fourth-order valence-corrected chi connectivity index (χ4v) is 3.01. The summed E-state index contributed by atoms with van der Waals surface area (Å²) in [7, 11) is 1.53. The number of carbonyl (C=O) groups excluding carboxylic acids is 1. The van der Waals surface area contributed by atoms with E-state index in [0.29, 0.717) is 23.8 Å². The second-order valence-electron chi connectivity index (χ2n) is 5.89. The van der Waals surface area contributed by atoms with Gasteiger partial charge in [-0.2, -0.15) is 0 Å². The summed E-state index contributed by atoms with van der Waals surface area (Å²) in [6.45, 7) is 2.94. The number of hydrogen-bond acceptors (Lipinski definition) is 3. The van der Waals surface area contributed by atoms with E-state index in [2.05, 4.69) is 12.2 Å². The van der Waals surface area contributed by atoms with Crippen molar-refractivity contribution in [1.82, 2.24) is 5.32 Å². The van der Waals surface area contributed by atoms with E-state index in [1.807, 2.05) is 0 Å². The number of phenols is 1. The molecule has 4 nitrogen and oxygen atoms in total. The molecule has 0 aromatic heterocycles. The van der Waals surface area contributed by atoms with E-state index in [-0.39, 0.29) is 11.7 Å². The third kappa shape index (κ3) is 4.13. The molecule has 1 aliphatic rings. The number of rotatable bonds is 5. The molecule has 2 rings (SSSR count). The first-order valence-electron chi connectivity index (χ1n) is 7.79. The molecule has 0 radical (unpaired) electrons. The maximum absolute atomic E-state index is 12.1. The number of carbonyl (C=O) groups is 1. The van der Waals surface area contributed by atoms with Gasteiger partial charge in [-0.25, -0.2) is 0 Å². The first kappa shape index (κ1) is 15.7. The summed E-state index contributed by atoms with van der Waals surface area (Å²) in [4.78, 5) is 12.1. The molecule has 1 saturated carbocycles. The lowest BCUT2D eigenvalue weighted by Gasteiger charge is -2.27. The van der Waals surface area contributed by atoms with Crippen LogP contribution in [-0.4, -0.2) is 24.7 Å². The molecule has 0 bridgehead atoms. The van der Waals surface area contributed by atoms with Crippen molar-refractivity contribution in [2.24, 2.45) is 11.8 Å². The predicted molar refractivity (Wildman–Crippen MR) is 82.7 cm³/mol. The zero-order valence-corrected chi connectivity index (χ0v) is 12.9. The minimum absolute atomic E-state index is 0.0402. The van der Waals surface area contributed by atoms with Crippen LogP contribution in [0.25, 0.3) is 0 Å². The zero-order chi connectivity index (χ0) is 15.2. The summed E-state index contributed by atoms with van der Waals surface area (Å²) < 4.78 is 5.01. The van der Waals surface area contributed by atoms with Gasteiger partial charge in [0.1, 0.15) is 11.5 Å². The molecule has 1 fully saturated rings. The minimum Gasteiger partial charge on any atom is -0.507 e. The minimum atomic E-state index is -0.215. The fraction of sp³-hybridized carbons (Fsp3) is 0.588. The highest BCUT2D eigenvalue weighted by atomic mass is 16.5. The van der Waals surface area contributed by atoms with Gasteiger partial charge in [0, 0.05) is 12.6 Å². The number of nitrogens with one attached hydrogen (secondary N) is 1. The van der Waals surface area contributed by atoms with Crippen molar-refractivity contribution in [3.05, 3.63) is 23.8 Å².